The van der Waals surface area contributed by atoms with E-state index in [0.717, 1.165) is 18.1 Å². The Kier molecular flexibility index (Phi) is 6.83. The molecule has 0 radical (unpaired) electrons. The lowest BCUT2D eigenvalue weighted by Crippen LogP contribution is -2.55. The first kappa shape index (κ1) is 22.1. The molecule has 0 bridgehead atoms. The lowest BCUT2D eigenvalue weighted by atomic mass is 10.1. The summed E-state index contributed by atoms with van der Waals surface area (Å²) in [5, 5.41) is 1.53. The van der Waals surface area contributed by atoms with Crippen LogP contribution in [-0.4, -0.2) is 8.07 Å². The van der Waals surface area contributed by atoms with Crippen LogP contribution < -0.4 is 5.19 Å². The van der Waals surface area contributed by atoms with Crippen LogP contribution in [0.5, 0.6) is 0 Å². The Bertz CT molecular complexity index is 1180. The summed E-state index contributed by atoms with van der Waals surface area (Å²) in [5.74, 6) is 0. The maximum atomic E-state index is 2.42. The number of rotatable bonds is 8. The van der Waals surface area contributed by atoms with Gasteiger partial charge in [-0.15, -0.1) is 0 Å². The van der Waals surface area contributed by atoms with Crippen molar-refractivity contribution in [1.29, 1.82) is 0 Å². The summed E-state index contributed by atoms with van der Waals surface area (Å²) < 4.78 is 0. The van der Waals surface area contributed by atoms with Crippen LogP contribution in [0.1, 0.15) is 16.7 Å². The van der Waals surface area contributed by atoms with E-state index in [0.29, 0.717) is 0 Å². The average Bonchev–Trinajstić information content (AvgIpc) is 2.91. The van der Waals surface area contributed by atoms with Gasteiger partial charge in [0, 0.05) is 0 Å². The minimum Gasteiger partial charge on any atom is -0.0623 e. The van der Waals surface area contributed by atoms with Crippen molar-refractivity contribution in [1.82, 2.24) is 0 Å². The zero-order valence-corrected chi connectivity index (χ0v) is 20.5. The van der Waals surface area contributed by atoms with Gasteiger partial charge in [0.15, 0.2) is 0 Å². The Balaban J connectivity index is 1.61. The van der Waals surface area contributed by atoms with Crippen molar-refractivity contribution >= 4 is 13.3 Å². The zero-order chi connectivity index (χ0) is 23.1. The summed E-state index contributed by atoms with van der Waals surface area (Å²) in [7, 11) is -2.02. The standard InChI is InChI=1S/C33H30Si/c1-5-13-28(14-6-1)25-34(26-29-15-7-2-8-16-29,27-30-17-9-3-10-18-30)33-23-21-32(22-24-33)31-19-11-4-12-20-31/h1-24H,25-27H2. The molecule has 0 saturated carbocycles. The normalized spacial score (nSPS) is 11.3. The first-order chi connectivity index (χ1) is 16.8. The summed E-state index contributed by atoms with van der Waals surface area (Å²) in [4.78, 5) is 0. The van der Waals surface area contributed by atoms with E-state index in [4.69, 9.17) is 0 Å². The van der Waals surface area contributed by atoms with Gasteiger partial charge < -0.3 is 0 Å². The van der Waals surface area contributed by atoms with Crippen molar-refractivity contribution in [3.05, 3.63) is 162 Å². The zero-order valence-electron chi connectivity index (χ0n) is 19.5. The smallest absolute Gasteiger partial charge is 0.0623 e. The molecule has 34 heavy (non-hydrogen) atoms. The van der Waals surface area contributed by atoms with E-state index in [1.165, 1.54) is 33.0 Å². The van der Waals surface area contributed by atoms with Gasteiger partial charge in [0.25, 0.3) is 0 Å². The maximum absolute atomic E-state index is 2.42. The third-order valence-corrected chi connectivity index (χ3v) is 11.6. The Labute approximate surface area is 204 Å². The summed E-state index contributed by atoms with van der Waals surface area (Å²) in [6.45, 7) is 0. The van der Waals surface area contributed by atoms with Crippen LogP contribution in [0.25, 0.3) is 11.1 Å². The van der Waals surface area contributed by atoms with Crippen LogP contribution in [0.15, 0.2) is 146 Å². The maximum Gasteiger partial charge on any atom is 0.0995 e. The first-order valence-corrected chi connectivity index (χ1v) is 14.7. The molecule has 5 aromatic carbocycles. The van der Waals surface area contributed by atoms with E-state index < -0.39 is 8.07 Å². The van der Waals surface area contributed by atoms with Gasteiger partial charge in [-0.3, -0.25) is 0 Å². The SMILES string of the molecule is c1ccc(C[Si](Cc2ccccc2)(Cc2ccccc2)c2ccc(-c3ccccc3)cc2)cc1. The third kappa shape index (κ3) is 5.27. The fourth-order valence-corrected chi connectivity index (χ4v) is 10.0. The van der Waals surface area contributed by atoms with E-state index in [9.17, 15) is 0 Å². The molecule has 0 atom stereocenters. The Morgan fingerprint density at radius 3 is 1.03 bits per heavy atom. The number of benzene rings is 5. The van der Waals surface area contributed by atoms with Gasteiger partial charge in [0.05, 0.1) is 8.07 Å². The highest BCUT2D eigenvalue weighted by Gasteiger charge is 2.36. The van der Waals surface area contributed by atoms with Crippen molar-refractivity contribution in [3.8, 4) is 11.1 Å². The molecule has 0 unspecified atom stereocenters. The molecule has 0 N–H and O–H groups in total. The first-order valence-electron chi connectivity index (χ1n) is 12.1. The van der Waals surface area contributed by atoms with Crippen molar-refractivity contribution in [2.24, 2.45) is 0 Å². The molecular formula is C33H30Si. The van der Waals surface area contributed by atoms with Gasteiger partial charge in [0.1, 0.15) is 0 Å². The Hall–Kier alpha value is -3.68. The monoisotopic (exact) mass is 454 g/mol. The Morgan fingerprint density at radius 2 is 0.647 bits per heavy atom. The molecule has 0 saturated heterocycles. The minimum absolute atomic E-state index is 1.13. The molecule has 0 nitrogen and oxygen atoms in total. The van der Waals surface area contributed by atoms with Crippen molar-refractivity contribution in [3.63, 3.8) is 0 Å². The molecule has 0 amide bonds. The largest absolute Gasteiger partial charge is 0.0995 e. The summed E-state index contributed by atoms with van der Waals surface area (Å²) in [6, 6.07) is 56.8. The second kappa shape index (κ2) is 10.5. The topological polar surface area (TPSA) is 0 Å². The molecule has 5 aromatic rings. The van der Waals surface area contributed by atoms with Gasteiger partial charge in [-0.05, 0) is 29.3 Å². The van der Waals surface area contributed by atoms with Crippen molar-refractivity contribution in [2.45, 2.75) is 18.1 Å². The van der Waals surface area contributed by atoms with Crippen LogP contribution in [0.2, 0.25) is 0 Å². The summed E-state index contributed by atoms with van der Waals surface area (Å²) >= 11 is 0. The fourth-order valence-electron chi connectivity index (χ4n) is 5.10. The van der Waals surface area contributed by atoms with Crippen molar-refractivity contribution in [2.75, 3.05) is 0 Å². The fraction of sp³-hybridized carbons (Fsp3) is 0.0909. The number of hydrogen-bond donors (Lipinski definition) is 0. The van der Waals surface area contributed by atoms with Crippen LogP contribution in [0.3, 0.4) is 0 Å². The molecular weight excluding hydrogens is 424 g/mol. The third-order valence-electron chi connectivity index (χ3n) is 6.76. The number of hydrogen-bond acceptors (Lipinski definition) is 0. The quantitative estimate of drug-likeness (QED) is 0.215. The Morgan fingerprint density at radius 1 is 0.324 bits per heavy atom. The molecule has 0 aliphatic rings. The molecule has 166 valence electrons. The second-order valence-corrected chi connectivity index (χ2v) is 13.4. The molecule has 5 rings (SSSR count). The minimum atomic E-state index is -2.02. The summed E-state index contributed by atoms with van der Waals surface area (Å²) in [5.41, 5.74) is 6.87. The van der Waals surface area contributed by atoms with Crippen molar-refractivity contribution < 1.29 is 0 Å². The molecule has 1 heteroatoms. The lowest BCUT2D eigenvalue weighted by molar-refractivity contribution is 1.15. The highest BCUT2D eigenvalue weighted by Crippen LogP contribution is 2.25. The van der Waals surface area contributed by atoms with Crippen LogP contribution in [0, 0.1) is 0 Å². The van der Waals surface area contributed by atoms with Crippen LogP contribution in [-0.2, 0) is 18.1 Å². The molecule has 0 spiro atoms. The van der Waals surface area contributed by atoms with E-state index in [1.54, 1.807) is 0 Å². The van der Waals surface area contributed by atoms with Gasteiger partial charge in [-0.2, -0.15) is 0 Å². The van der Waals surface area contributed by atoms with Crippen LogP contribution >= 0.6 is 0 Å². The van der Waals surface area contributed by atoms with Gasteiger partial charge in [-0.25, -0.2) is 0 Å². The average molecular weight is 455 g/mol. The van der Waals surface area contributed by atoms with E-state index in [1.807, 2.05) is 0 Å². The van der Waals surface area contributed by atoms with Crippen LogP contribution in [0.4, 0.5) is 0 Å². The van der Waals surface area contributed by atoms with Gasteiger partial charge in [-0.1, -0.05) is 167 Å². The highest BCUT2D eigenvalue weighted by molar-refractivity contribution is 6.90. The molecule has 0 aliphatic heterocycles. The van der Waals surface area contributed by atoms with E-state index >= 15 is 0 Å². The summed E-state index contributed by atoms with van der Waals surface area (Å²) in [6.07, 6.45) is 0. The predicted octanol–water partition coefficient (Wildman–Crippen LogP) is 7.36. The predicted molar refractivity (Wildman–Crippen MR) is 148 cm³/mol. The lowest BCUT2D eigenvalue weighted by Gasteiger charge is -2.33. The van der Waals surface area contributed by atoms with E-state index in [2.05, 4.69) is 146 Å². The van der Waals surface area contributed by atoms with Gasteiger partial charge in [0.2, 0.25) is 0 Å². The molecule has 0 aliphatic carbocycles. The molecule has 0 fully saturated rings. The second-order valence-electron chi connectivity index (χ2n) is 9.21. The van der Waals surface area contributed by atoms with E-state index in [-0.39, 0.29) is 0 Å². The molecule has 0 heterocycles. The molecule has 0 aromatic heterocycles. The van der Waals surface area contributed by atoms with Gasteiger partial charge >= 0.3 is 0 Å². The highest BCUT2D eigenvalue weighted by atomic mass is 28.3.